The molecule has 51 heavy (non-hydrogen) atoms. The molecule has 0 unspecified atom stereocenters. The molecule has 238 valence electrons. The zero-order valence-corrected chi connectivity index (χ0v) is 27.1. The standard InChI is InChI=1S/C43H26N8/c1-3-16-34-32(14-1)45-42-48(36-18-5-7-20-38(36)50(34)42)28-12-9-11-27(25-28)47-40-26-29(22-23-30(40)31-13-10-24-44-41(31)47)49-37-19-6-8-21-39(37)51-35-17-4-2-15-33(35)46-43(49)51/h1-26H. The Morgan fingerprint density at radius 2 is 0.882 bits per heavy atom. The average molecular weight is 655 g/mol. The molecule has 0 aliphatic rings. The first-order valence-corrected chi connectivity index (χ1v) is 17.1. The molecule has 6 aromatic heterocycles. The number of hydrogen-bond donors (Lipinski definition) is 0. The quantitative estimate of drug-likeness (QED) is 0.191. The number of para-hydroxylation sites is 8. The third kappa shape index (κ3) is 3.50. The van der Waals surface area contributed by atoms with Gasteiger partial charge in [0.1, 0.15) is 5.65 Å². The fourth-order valence-electron chi connectivity index (χ4n) is 8.21. The Labute approximate surface area is 289 Å². The highest BCUT2D eigenvalue weighted by Gasteiger charge is 2.21. The fourth-order valence-corrected chi connectivity index (χ4v) is 8.21. The third-order valence-electron chi connectivity index (χ3n) is 10.3. The van der Waals surface area contributed by atoms with Crippen LogP contribution in [0.4, 0.5) is 0 Å². The molecule has 0 saturated carbocycles. The normalized spacial score (nSPS) is 12.3. The van der Waals surface area contributed by atoms with E-state index in [1.165, 1.54) is 0 Å². The van der Waals surface area contributed by atoms with Crippen molar-refractivity contribution in [2.24, 2.45) is 0 Å². The molecule has 0 bridgehead atoms. The summed E-state index contributed by atoms with van der Waals surface area (Å²) in [6.07, 6.45) is 1.88. The van der Waals surface area contributed by atoms with Gasteiger partial charge in [-0.25, -0.2) is 15.0 Å². The van der Waals surface area contributed by atoms with Crippen molar-refractivity contribution in [3.8, 4) is 17.1 Å². The van der Waals surface area contributed by atoms with Crippen molar-refractivity contribution < 1.29 is 0 Å². The monoisotopic (exact) mass is 654 g/mol. The van der Waals surface area contributed by atoms with E-state index in [1.807, 2.05) is 24.4 Å². The molecule has 8 nitrogen and oxygen atoms in total. The Bertz CT molecular complexity index is 3390. The zero-order valence-electron chi connectivity index (χ0n) is 27.1. The molecule has 0 amide bonds. The Kier molecular flexibility index (Phi) is 5.09. The van der Waals surface area contributed by atoms with Crippen molar-refractivity contribution in [3.05, 3.63) is 158 Å². The molecule has 6 heterocycles. The van der Waals surface area contributed by atoms with E-state index in [4.69, 9.17) is 15.0 Å². The summed E-state index contributed by atoms with van der Waals surface area (Å²) in [4.78, 5) is 15.2. The minimum atomic E-state index is 0.882. The van der Waals surface area contributed by atoms with Gasteiger partial charge in [-0.05, 0) is 91.0 Å². The summed E-state index contributed by atoms with van der Waals surface area (Å²) in [6.45, 7) is 0. The van der Waals surface area contributed by atoms with Gasteiger partial charge in [-0.15, -0.1) is 0 Å². The first-order valence-electron chi connectivity index (χ1n) is 17.1. The summed E-state index contributed by atoms with van der Waals surface area (Å²) in [7, 11) is 0. The number of benzene rings is 6. The number of rotatable bonds is 3. The maximum absolute atomic E-state index is 5.13. The lowest BCUT2D eigenvalue weighted by atomic mass is 10.1. The fraction of sp³-hybridized carbons (Fsp3) is 0. The summed E-state index contributed by atoms with van der Waals surface area (Å²) in [5.74, 6) is 1.77. The van der Waals surface area contributed by atoms with Gasteiger partial charge >= 0.3 is 0 Å². The van der Waals surface area contributed by atoms with Crippen molar-refractivity contribution in [1.29, 1.82) is 0 Å². The molecule has 0 radical (unpaired) electrons. The number of imidazole rings is 4. The Morgan fingerprint density at radius 1 is 0.353 bits per heavy atom. The van der Waals surface area contributed by atoms with E-state index < -0.39 is 0 Å². The molecule has 0 saturated heterocycles. The first-order chi connectivity index (χ1) is 25.3. The highest BCUT2D eigenvalue weighted by Crippen LogP contribution is 2.36. The van der Waals surface area contributed by atoms with Crippen molar-refractivity contribution in [3.63, 3.8) is 0 Å². The molecule has 0 N–H and O–H groups in total. The van der Waals surface area contributed by atoms with Crippen LogP contribution in [-0.4, -0.2) is 37.5 Å². The van der Waals surface area contributed by atoms with Gasteiger partial charge in [0.2, 0.25) is 11.6 Å². The SMILES string of the molecule is c1cc(-n2c3cc(-n4c5ccccc5n5c6ccccc6nc45)ccc3c3cccnc32)cc(-n2c3ccccc3n3c4ccccc4nc23)c1. The van der Waals surface area contributed by atoms with Crippen molar-refractivity contribution in [2.45, 2.75) is 0 Å². The molecule has 0 atom stereocenters. The van der Waals surface area contributed by atoms with Gasteiger partial charge in [0.25, 0.3) is 0 Å². The van der Waals surface area contributed by atoms with E-state index >= 15 is 0 Å². The van der Waals surface area contributed by atoms with Crippen LogP contribution in [0.15, 0.2) is 158 Å². The highest BCUT2D eigenvalue weighted by atomic mass is 15.2. The predicted octanol–water partition coefficient (Wildman–Crippen LogP) is 9.67. The summed E-state index contributed by atoms with van der Waals surface area (Å²) in [5.41, 5.74) is 13.6. The number of nitrogens with zero attached hydrogens (tertiary/aromatic N) is 8. The molecule has 0 spiro atoms. The molecule has 12 aromatic rings. The number of hydrogen-bond acceptors (Lipinski definition) is 3. The zero-order chi connectivity index (χ0) is 33.2. The van der Waals surface area contributed by atoms with Crippen LogP contribution in [0.5, 0.6) is 0 Å². The lowest BCUT2D eigenvalue weighted by Crippen LogP contribution is -2.00. The number of aromatic nitrogens is 8. The van der Waals surface area contributed by atoms with E-state index in [1.54, 1.807) is 0 Å². The molecular weight excluding hydrogens is 629 g/mol. The van der Waals surface area contributed by atoms with Crippen molar-refractivity contribution in [2.75, 3.05) is 0 Å². The predicted molar refractivity (Wildman–Crippen MR) is 205 cm³/mol. The Balaban J connectivity index is 1.13. The van der Waals surface area contributed by atoms with Gasteiger partial charge in [-0.1, -0.05) is 60.7 Å². The van der Waals surface area contributed by atoms with E-state index in [9.17, 15) is 0 Å². The molecule has 0 aliphatic heterocycles. The average Bonchev–Trinajstić information content (AvgIpc) is 3.97. The van der Waals surface area contributed by atoms with Crippen LogP contribution < -0.4 is 0 Å². The van der Waals surface area contributed by atoms with Gasteiger partial charge < -0.3 is 0 Å². The maximum atomic E-state index is 5.13. The van der Waals surface area contributed by atoms with Crippen molar-refractivity contribution >= 4 is 77.6 Å². The molecule has 0 fully saturated rings. The lowest BCUT2D eigenvalue weighted by Gasteiger charge is -2.12. The second-order valence-corrected chi connectivity index (χ2v) is 13.1. The summed E-state index contributed by atoms with van der Waals surface area (Å²) >= 11 is 0. The van der Waals surface area contributed by atoms with Crippen molar-refractivity contribution in [1.82, 2.24) is 37.5 Å². The minimum absolute atomic E-state index is 0.882. The minimum Gasteiger partial charge on any atom is -0.294 e. The summed E-state index contributed by atoms with van der Waals surface area (Å²) in [5, 5.41) is 2.24. The maximum Gasteiger partial charge on any atom is 0.220 e. The Morgan fingerprint density at radius 3 is 1.51 bits per heavy atom. The van der Waals surface area contributed by atoms with E-state index in [0.717, 1.165) is 94.7 Å². The van der Waals surface area contributed by atoms with Crippen LogP contribution in [0.1, 0.15) is 0 Å². The van der Waals surface area contributed by atoms with Gasteiger partial charge in [0.15, 0.2) is 0 Å². The van der Waals surface area contributed by atoms with Crippen LogP contribution in [0.2, 0.25) is 0 Å². The molecule has 6 aromatic carbocycles. The molecule has 0 aliphatic carbocycles. The van der Waals surface area contributed by atoms with Crippen LogP contribution >= 0.6 is 0 Å². The summed E-state index contributed by atoms with van der Waals surface area (Å²) < 4.78 is 11.3. The smallest absolute Gasteiger partial charge is 0.220 e. The largest absolute Gasteiger partial charge is 0.294 e. The van der Waals surface area contributed by atoms with Gasteiger partial charge in [-0.3, -0.25) is 22.5 Å². The first kappa shape index (κ1) is 26.7. The van der Waals surface area contributed by atoms with E-state index in [0.29, 0.717) is 0 Å². The molecule has 12 rings (SSSR count). The van der Waals surface area contributed by atoms with E-state index in [-0.39, 0.29) is 0 Å². The lowest BCUT2D eigenvalue weighted by molar-refractivity contribution is 1.08. The number of pyridine rings is 1. The second kappa shape index (κ2) is 9.71. The van der Waals surface area contributed by atoms with Crippen LogP contribution in [0, 0.1) is 0 Å². The molecular formula is C43H26N8. The van der Waals surface area contributed by atoms with Gasteiger partial charge in [-0.2, -0.15) is 0 Å². The van der Waals surface area contributed by atoms with Gasteiger partial charge in [0.05, 0.1) is 61.0 Å². The third-order valence-corrected chi connectivity index (χ3v) is 10.3. The van der Waals surface area contributed by atoms with Crippen LogP contribution in [-0.2, 0) is 0 Å². The van der Waals surface area contributed by atoms with E-state index in [2.05, 4.69) is 156 Å². The van der Waals surface area contributed by atoms with Gasteiger partial charge in [0, 0.05) is 22.7 Å². The Hall–Kier alpha value is -7.19. The molecule has 8 heteroatoms. The highest BCUT2D eigenvalue weighted by molar-refractivity contribution is 6.08. The topological polar surface area (TPSA) is 62.3 Å². The van der Waals surface area contributed by atoms with Crippen LogP contribution in [0.25, 0.3) is 94.7 Å². The second-order valence-electron chi connectivity index (χ2n) is 13.1. The summed E-state index contributed by atoms with van der Waals surface area (Å²) in [6, 6.07) is 53.3. The number of fused-ring (bicyclic) bond motifs is 13. The van der Waals surface area contributed by atoms with Crippen LogP contribution in [0.3, 0.4) is 0 Å².